The van der Waals surface area contributed by atoms with Crippen molar-refractivity contribution in [3.63, 3.8) is 0 Å². The second kappa shape index (κ2) is 6.48. The molecule has 2 unspecified atom stereocenters. The fourth-order valence-electron chi connectivity index (χ4n) is 4.89. The zero-order valence-electron chi connectivity index (χ0n) is 16.2. The van der Waals surface area contributed by atoms with Crippen LogP contribution in [-0.4, -0.2) is 60.7 Å². The van der Waals surface area contributed by atoms with Crippen LogP contribution < -0.4 is 4.90 Å². The summed E-state index contributed by atoms with van der Waals surface area (Å²) < 4.78 is 26.4. The van der Waals surface area contributed by atoms with E-state index in [1.165, 1.54) is 18.7 Å². The summed E-state index contributed by atoms with van der Waals surface area (Å²) in [5, 5.41) is 4.56. The number of carbonyl (C=O) groups is 1. The van der Waals surface area contributed by atoms with Crippen LogP contribution in [0.25, 0.3) is 22.3 Å². The number of H-pyrrole nitrogens is 1. The third kappa shape index (κ3) is 2.77. The van der Waals surface area contributed by atoms with Crippen molar-refractivity contribution in [2.45, 2.75) is 44.3 Å². The average molecular weight is 413 g/mol. The quantitative estimate of drug-likeness (QED) is 0.711. The van der Waals surface area contributed by atoms with Gasteiger partial charge in [-0.15, -0.1) is 0 Å². The Balaban J connectivity index is 1.31. The maximum atomic E-state index is 12.9. The van der Waals surface area contributed by atoms with E-state index in [9.17, 15) is 13.6 Å². The van der Waals surface area contributed by atoms with E-state index in [0.29, 0.717) is 27.5 Å². The van der Waals surface area contributed by atoms with Gasteiger partial charge in [0.25, 0.3) is 0 Å². The Morgan fingerprint density at radius 3 is 2.57 bits per heavy atom. The second-order valence-corrected chi connectivity index (χ2v) is 8.44. The Bertz CT molecular complexity index is 1110. The lowest BCUT2D eigenvalue weighted by Gasteiger charge is -2.41. The third-order valence-electron chi connectivity index (χ3n) is 6.48. The molecule has 3 fully saturated rings. The maximum absolute atomic E-state index is 12.9. The molecule has 156 valence electrons. The van der Waals surface area contributed by atoms with Gasteiger partial charge >= 0.3 is 6.55 Å². The van der Waals surface area contributed by atoms with Gasteiger partial charge in [0.1, 0.15) is 17.8 Å². The highest BCUT2D eigenvalue weighted by Gasteiger charge is 2.46. The van der Waals surface area contributed by atoms with Crippen LogP contribution in [0.5, 0.6) is 0 Å². The first-order chi connectivity index (χ1) is 14.6. The summed E-state index contributed by atoms with van der Waals surface area (Å²) in [4.78, 5) is 29.1. The largest absolute Gasteiger partial charge is 0.352 e. The molecule has 5 heterocycles. The monoisotopic (exact) mass is 413 g/mol. The van der Waals surface area contributed by atoms with Gasteiger partial charge in [-0.25, -0.2) is 14.6 Å². The molecule has 1 amide bonds. The fourth-order valence-corrected chi connectivity index (χ4v) is 4.89. The standard InChI is InChI=1S/C20H21F2N7O/c21-20(22)28-7-12(6-25-28)16-5-15-17(26-16)23-10-24-18(15)27-8-13-3-4-14(9-27)29(13)19(30)11-1-2-11/h5-7,10-11,13-14,20H,1-4,8-9H2,(H,23,24,26). The van der Waals surface area contributed by atoms with Gasteiger partial charge in [0.2, 0.25) is 5.91 Å². The van der Waals surface area contributed by atoms with E-state index in [-0.39, 0.29) is 18.0 Å². The summed E-state index contributed by atoms with van der Waals surface area (Å²) in [6.45, 7) is -1.17. The number of fused-ring (bicyclic) bond motifs is 3. The molecule has 2 aliphatic heterocycles. The van der Waals surface area contributed by atoms with E-state index in [2.05, 4.69) is 29.9 Å². The minimum Gasteiger partial charge on any atom is -0.352 e. The Labute approximate surface area is 170 Å². The first-order valence-corrected chi connectivity index (χ1v) is 10.3. The molecule has 3 aromatic rings. The fraction of sp³-hybridized carbons (Fsp3) is 0.500. The minimum absolute atomic E-state index is 0.226. The van der Waals surface area contributed by atoms with Crippen LogP contribution in [0.15, 0.2) is 24.8 Å². The average Bonchev–Trinajstić information content (AvgIpc) is 3.19. The molecule has 2 atom stereocenters. The maximum Gasteiger partial charge on any atom is 0.333 e. The number of aromatic amines is 1. The van der Waals surface area contributed by atoms with Crippen LogP contribution in [0.2, 0.25) is 0 Å². The summed E-state index contributed by atoms with van der Waals surface area (Å²) in [5.41, 5.74) is 1.90. The van der Waals surface area contributed by atoms with Gasteiger partial charge in [-0.05, 0) is 31.7 Å². The van der Waals surface area contributed by atoms with E-state index in [1.54, 1.807) is 0 Å². The van der Waals surface area contributed by atoms with Gasteiger partial charge in [0.05, 0.1) is 17.3 Å². The summed E-state index contributed by atoms with van der Waals surface area (Å²) in [7, 11) is 0. The molecule has 1 N–H and O–H groups in total. The summed E-state index contributed by atoms with van der Waals surface area (Å²) >= 11 is 0. The number of halogens is 2. The van der Waals surface area contributed by atoms with Crippen molar-refractivity contribution in [2.75, 3.05) is 18.0 Å². The van der Waals surface area contributed by atoms with Crippen LogP contribution in [0.3, 0.4) is 0 Å². The van der Waals surface area contributed by atoms with Crippen molar-refractivity contribution in [2.24, 2.45) is 5.92 Å². The van der Waals surface area contributed by atoms with Gasteiger partial charge in [-0.1, -0.05) is 0 Å². The zero-order chi connectivity index (χ0) is 20.4. The number of alkyl halides is 2. The highest BCUT2D eigenvalue weighted by atomic mass is 19.3. The predicted molar refractivity (Wildman–Crippen MR) is 105 cm³/mol. The van der Waals surface area contributed by atoms with Crippen molar-refractivity contribution < 1.29 is 13.6 Å². The molecule has 2 saturated heterocycles. The number of nitrogens with one attached hydrogen (secondary N) is 1. The molecule has 3 aromatic heterocycles. The normalized spacial score (nSPS) is 23.7. The van der Waals surface area contributed by atoms with Crippen LogP contribution >= 0.6 is 0 Å². The Hall–Kier alpha value is -3.04. The molecule has 2 bridgehead atoms. The van der Waals surface area contributed by atoms with Crippen LogP contribution in [0.4, 0.5) is 14.6 Å². The molecule has 1 aliphatic carbocycles. The number of hydrogen-bond acceptors (Lipinski definition) is 5. The lowest BCUT2D eigenvalue weighted by Crippen LogP contribution is -2.56. The zero-order valence-corrected chi connectivity index (χ0v) is 16.2. The van der Waals surface area contributed by atoms with Gasteiger partial charge < -0.3 is 14.8 Å². The molecule has 10 heteroatoms. The summed E-state index contributed by atoms with van der Waals surface area (Å²) in [5.74, 6) is 1.39. The van der Waals surface area contributed by atoms with Gasteiger partial charge in [-0.3, -0.25) is 4.79 Å². The van der Waals surface area contributed by atoms with Gasteiger partial charge in [-0.2, -0.15) is 13.9 Å². The van der Waals surface area contributed by atoms with E-state index in [0.717, 1.165) is 50.0 Å². The van der Waals surface area contributed by atoms with Crippen LogP contribution in [-0.2, 0) is 4.79 Å². The number of nitrogens with zero attached hydrogens (tertiary/aromatic N) is 6. The molecule has 0 radical (unpaired) electrons. The highest BCUT2D eigenvalue weighted by molar-refractivity contribution is 5.92. The highest BCUT2D eigenvalue weighted by Crippen LogP contribution is 2.39. The number of rotatable bonds is 4. The molecule has 8 nitrogen and oxygen atoms in total. The van der Waals surface area contributed by atoms with Crippen molar-refractivity contribution in [1.82, 2.24) is 29.6 Å². The summed E-state index contributed by atoms with van der Waals surface area (Å²) in [6.07, 6.45) is 8.35. The van der Waals surface area contributed by atoms with E-state index in [1.807, 2.05) is 6.07 Å². The molecule has 0 aromatic carbocycles. The van der Waals surface area contributed by atoms with Crippen molar-refractivity contribution in [3.8, 4) is 11.3 Å². The Kier molecular flexibility index (Phi) is 3.84. The Morgan fingerprint density at radius 1 is 1.13 bits per heavy atom. The smallest absolute Gasteiger partial charge is 0.333 e. The molecule has 6 rings (SSSR count). The molecule has 30 heavy (non-hydrogen) atoms. The Morgan fingerprint density at radius 2 is 1.90 bits per heavy atom. The SMILES string of the molecule is O=C(C1CC1)N1C2CCC1CN(c1ncnc3[nH]c(-c4cnn(C(F)F)c4)cc13)C2. The molecule has 1 saturated carbocycles. The first-order valence-electron chi connectivity index (χ1n) is 10.3. The second-order valence-electron chi connectivity index (χ2n) is 8.44. The number of anilines is 1. The number of piperazine rings is 1. The molecular weight excluding hydrogens is 392 g/mol. The van der Waals surface area contributed by atoms with E-state index in [4.69, 9.17) is 0 Å². The molecular formula is C20H21F2N7O. The number of amides is 1. The van der Waals surface area contributed by atoms with E-state index < -0.39 is 6.55 Å². The number of carbonyl (C=O) groups excluding carboxylic acids is 1. The van der Waals surface area contributed by atoms with Crippen molar-refractivity contribution >= 4 is 22.8 Å². The third-order valence-corrected chi connectivity index (χ3v) is 6.48. The van der Waals surface area contributed by atoms with Gasteiger partial charge in [0, 0.05) is 42.9 Å². The summed E-state index contributed by atoms with van der Waals surface area (Å²) in [6, 6.07) is 2.34. The van der Waals surface area contributed by atoms with Crippen molar-refractivity contribution in [3.05, 3.63) is 24.8 Å². The van der Waals surface area contributed by atoms with Gasteiger partial charge in [0.15, 0.2) is 0 Å². The minimum atomic E-state index is -2.68. The molecule has 0 spiro atoms. The lowest BCUT2D eigenvalue weighted by molar-refractivity contribution is -0.135. The van der Waals surface area contributed by atoms with Crippen LogP contribution in [0.1, 0.15) is 32.2 Å². The van der Waals surface area contributed by atoms with Crippen molar-refractivity contribution in [1.29, 1.82) is 0 Å². The number of hydrogen-bond donors (Lipinski definition) is 1. The topological polar surface area (TPSA) is 82.9 Å². The molecule has 3 aliphatic rings. The van der Waals surface area contributed by atoms with Crippen LogP contribution in [0, 0.1) is 5.92 Å². The first kappa shape index (κ1) is 17.8. The predicted octanol–water partition coefficient (Wildman–Crippen LogP) is 2.81. The lowest BCUT2D eigenvalue weighted by atomic mass is 10.1. The van der Waals surface area contributed by atoms with E-state index >= 15 is 0 Å². The number of aromatic nitrogens is 5.